The molecule has 31 heavy (non-hydrogen) atoms. The first-order valence-corrected chi connectivity index (χ1v) is 13.6. The third kappa shape index (κ3) is 3.50. The topological polar surface area (TPSA) is 20.2 Å². The molecule has 4 aliphatic rings. The second-order valence-corrected chi connectivity index (χ2v) is 14.3. The van der Waals surface area contributed by atoms with Crippen LogP contribution in [0.25, 0.3) is 0 Å². The molecular formula is C30H52O. The second kappa shape index (κ2) is 7.61. The molecule has 0 saturated heterocycles. The zero-order valence-corrected chi connectivity index (χ0v) is 22.1. The summed E-state index contributed by atoms with van der Waals surface area (Å²) < 4.78 is 0. The fourth-order valence-electron chi connectivity index (χ4n) is 10.4. The van der Waals surface area contributed by atoms with Gasteiger partial charge in [0.1, 0.15) is 0 Å². The first kappa shape index (κ1) is 23.8. The Balaban J connectivity index is 1.61. The molecule has 0 aromatic heterocycles. The molecule has 0 aliphatic heterocycles. The molecule has 0 unspecified atom stereocenters. The molecule has 0 aromatic carbocycles. The first-order valence-electron chi connectivity index (χ1n) is 13.6. The van der Waals surface area contributed by atoms with Crippen LogP contribution >= 0.6 is 0 Å². The van der Waals surface area contributed by atoms with Crippen LogP contribution in [0, 0.1) is 45.3 Å². The lowest BCUT2D eigenvalue weighted by Crippen LogP contribution is -2.62. The number of hydrogen-bond donors (Lipinski definition) is 1. The highest BCUT2D eigenvalue weighted by Crippen LogP contribution is 2.75. The van der Waals surface area contributed by atoms with Gasteiger partial charge in [0.05, 0.1) is 5.60 Å². The number of aliphatic hydroxyl groups is 1. The van der Waals surface area contributed by atoms with Crippen molar-refractivity contribution in [3.63, 3.8) is 0 Å². The van der Waals surface area contributed by atoms with Gasteiger partial charge in [-0.15, -0.1) is 0 Å². The van der Waals surface area contributed by atoms with Crippen molar-refractivity contribution in [3.8, 4) is 0 Å². The van der Waals surface area contributed by atoms with Gasteiger partial charge >= 0.3 is 0 Å². The zero-order valence-electron chi connectivity index (χ0n) is 22.1. The minimum Gasteiger partial charge on any atom is -0.390 e. The molecule has 8 atom stereocenters. The Morgan fingerprint density at radius 1 is 0.871 bits per heavy atom. The maximum Gasteiger partial charge on any atom is 0.0653 e. The Morgan fingerprint density at radius 2 is 1.55 bits per heavy atom. The van der Waals surface area contributed by atoms with Gasteiger partial charge in [0.2, 0.25) is 0 Å². The Bertz CT molecular complexity index is 712. The van der Waals surface area contributed by atoms with Crippen molar-refractivity contribution in [2.75, 3.05) is 0 Å². The number of hydrogen-bond acceptors (Lipinski definition) is 1. The highest BCUT2D eigenvalue weighted by Gasteiger charge is 2.68. The Kier molecular flexibility index (Phi) is 5.85. The molecule has 1 heteroatoms. The summed E-state index contributed by atoms with van der Waals surface area (Å²) in [5.74, 6) is 2.95. The van der Waals surface area contributed by atoms with Gasteiger partial charge < -0.3 is 5.11 Å². The summed E-state index contributed by atoms with van der Waals surface area (Å²) in [6, 6.07) is 0. The van der Waals surface area contributed by atoms with E-state index in [2.05, 4.69) is 61.5 Å². The van der Waals surface area contributed by atoms with Gasteiger partial charge in [0.15, 0.2) is 0 Å². The fraction of sp³-hybridized carbons (Fsp3) is 0.933. The standard InChI is InChI=1S/C30H52O/c1-21(2)11-9-18-30(8,31)23-14-19-28(6)22(23)12-13-25-27(5)17-10-16-26(3,4)24(27)15-20-29(25,28)7/h11,22-25,31H,9-10,12-20H2,1-8H3/t22-,23-,24+,25-,27+,28-,29-,30+/m1/s1. The van der Waals surface area contributed by atoms with E-state index in [0.29, 0.717) is 33.5 Å². The van der Waals surface area contributed by atoms with Crippen LogP contribution < -0.4 is 0 Å². The molecule has 0 amide bonds. The van der Waals surface area contributed by atoms with E-state index in [9.17, 15) is 5.11 Å². The molecule has 0 bridgehead atoms. The van der Waals surface area contributed by atoms with Crippen molar-refractivity contribution in [3.05, 3.63) is 11.6 Å². The minimum atomic E-state index is -0.522. The summed E-state index contributed by atoms with van der Waals surface area (Å²) in [5.41, 5.74) is 2.73. The second-order valence-electron chi connectivity index (χ2n) is 14.3. The Labute approximate surface area is 193 Å². The zero-order chi connectivity index (χ0) is 22.9. The van der Waals surface area contributed by atoms with Crippen LogP contribution in [0.1, 0.15) is 126 Å². The lowest BCUT2D eigenvalue weighted by molar-refractivity contribution is -0.208. The predicted octanol–water partition coefficient (Wildman–Crippen LogP) is 8.56. The van der Waals surface area contributed by atoms with Gasteiger partial charge in [0, 0.05) is 0 Å². The van der Waals surface area contributed by atoms with Crippen molar-refractivity contribution in [1.29, 1.82) is 0 Å². The molecule has 4 fully saturated rings. The summed E-state index contributed by atoms with van der Waals surface area (Å²) in [6.07, 6.45) is 16.7. The molecule has 0 heterocycles. The van der Waals surface area contributed by atoms with Crippen LogP contribution in [0.15, 0.2) is 11.6 Å². The summed E-state index contributed by atoms with van der Waals surface area (Å²) in [4.78, 5) is 0. The van der Waals surface area contributed by atoms with Gasteiger partial charge in [-0.25, -0.2) is 0 Å². The van der Waals surface area contributed by atoms with E-state index in [1.165, 1.54) is 63.4 Å². The SMILES string of the molecule is CC(C)=CCC[C@](C)(O)[C@@H]1CC[C@]2(C)[C@@H]1CC[C@@H]1[C@@]3(C)CCCC(C)(C)[C@@H]3CC[C@]12C. The molecule has 4 aliphatic carbocycles. The Morgan fingerprint density at radius 3 is 2.23 bits per heavy atom. The summed E-state index contributed by atoms with van der Waals surface area (Å²) in [5, 5.41) is 11.6. The highest BCUT2D eigenvalue weighted by molar-refractivity contribution is 5.17. The maximum atomic E-state index is 11.6. The van der Waals surface area contributed by atoms with Crippen molar-refractivity contribution in [2.24, 2.45) is 45.3 Å². The van der Waals surface area contributed by atoms with Gasteiger partial charge in [-0.1, -0.05) is 52.7 Å². The average molecular weight is 429 g/mol. The third-order valence-corrected chi connectivity index (χ3v) is 12.1. The number of rotatable bonds is 4. The molecule has 0 aromatic rings. The monoisotopic (exact) mass is 428 g/mol. The molecule has 0 spiro atoms. The van der Waals surface area contributed by atoms with E-state index in [-0.39, 0.29) is 0 Å². The quantitative estimate of drug-likeness (QED) is 0.445. The molecule has 4 saturated carbocycles. The average Bonchev–Trinajstić information content (AvgIpc) is 3.00. The summed E-state index contributed by atoms with van der Waals surface area (Å²) >= 11 is 0. The van der Waals surface area contributed by atoms with Crippen LogP contribution in [-0.4, -0.2) is 10.7 Å². The van der Waals surface area contributed by atoms with Gasteiger partial charge in [-0.2, -0.15) is 0 Å². The van der Waals surface area contributed by atoms with Gasteiger partial charge in [-0.3, -0.25) is 0 Å². The van der Waals surface area contributed by atoms with Crippen molar-refractivity contribution in [1.82, 2.24) is 0 Å². The van der Waals surface area contributed by atoms with E-state index in [0.717, 1.165) is 24.7 Å². The lowest BCUT2D eigenvalue weighted by Gasteiger charge is -2.69. The normalized spacial score (nSPS) is 48.2. The van der Waals surface area contributed by atoms with Crippen molar-refractivity contribution >= 4 is 0 Å². The maximum absolute atomic E-state index is 11.6. The molecule has 0 radical (unpaired) electrons. The fourth-order valence-corrected chi connectivity index (χ4v) is 10.4. The van der Waals surface area contributed by atoms with Crippen LogP contribution in [0.3, 0.4) is 0 Å². The molecule has 178 valence electrons. The van der Waals surface area contributed by atoms with E-state index >= 15 is 0 Å². The molecule has 1 N–H and O–H groups in total. The summed E-state index contributed by atoms with van der Waals surface area (Å²) in [7, 11) is 0. The van der Waals surface area contributed by atoms with E-state index in [1.807, 2.05) is 0 Å². The minimum absolute atomic E-state index is 0.399. The third-order valence-electron chi connectivity index (χ3n) is 12.1. The lowest BCUT2D eigenvalue weighted by atomic mass is 9.35. The van der Waals surface area contributed by atoms with Crippen molar-refractivity contribution in [2.45, 2.75) is 132 Å². The van der Waals surface area contributed by atoms with E-state index in [4.69, 9.17) is 0 Å². The Hall–Kier alpha value is -0.300. The summed E-state index contributed by atoms with van der Waals surface area (Å²) in [6.45, 7) is 19.7. The van der Waals surface area contributed by atoms with Gasteiger partial charge in [-0.05, 0) is 130 Å². The first-order chi connectivity index (χ1) is 14.3. The predicted molar refractivity (Wildman–Crippen MR) is 133 cm³/mol. The van der Waals surface area contributed by atoms with Crippen LogP contribution in [-0.2, 0) is 0 Å². The molecular weight excluding hydrogens is 376 g/mol. The van der Waals surface area contributed by atoms with E-state index < -0.39 is 5.60 Å². The van der Waals surface area contributed by atoms with Crippen LogP contribution in [0.2, 0.25) is 0 Å². The van der Waals surface area contributed by atoms with Crippen molar-refractivity contribution < 1.29 is 5.11 Å². The molecule has 1 nitrogen and oxygen atoms in total. The van der Waals surface area contributed by atoms with Crippen LogP contribution in [0.4, 0.5) is 0 Å². The number of fused-ring (bicyclic) bond motifs is 5. The van der Waals surface area contributed by atoms with E-state index in [1.54, 1.807) is 0 Å². The largest absolute Gasteiger partial charge is 0.390 e. The van der Waals surface area contributed by atoms with Crippen LogP contribution in [0.5, 0.6) is 0 Å². The molecule has 4 rings (SSSR count). The highest BCUT2D eigenvalue weighted by atomic mass is 16.3. The number of allylic oxidation sites excluding steroid dienone is 2. The smallest absolute Gasteiger partial charge is 0.0653 e. The van der Waals surface area contributed by atoms with Gasteiger partial charge in [0.25, 0.3) is 0 Å².